The lowest BCUT2D eigenvalue weighted by Crippen LogP contribution is -2.12. The number of allylic oxidation sites excluding steroid dienone is 1. The summed E-state index contributed by atoms with van der Waals surface area (Å²) in [5.41, 5.74) is 1.81. The van der Waals surface area contributed by atoms with Gasteiger partial charge < -0.3 is 5.32 Å². The summed E-state index contributed by atoms with van der Waals surface area (Å²) in [7, 11) is 0. The van der Waals surface area contributed by atoms with E-state index in [-0.39, 0.29) is 5.78 Å². The van der Waals surface area contributed by atoms with Crippen LogP contribution < -0.4 is 5.32 Å². The van der Waals surface area contributed by atoms with Crippen LogP contribution in [0.5, 0.6) is 0 Å². The van der Waals surface area contributed by atoms with Gasteiger partial charge >= 0.3 is 0 Å². The third-order valence-electron chi connectivity index (χ3n) is 2.92. The van der Waals surface area contributed by atoms with Gasteiger partial charge in [-0.15, -0.1) is 11.8 Å². The molecule has 0 aliphatic carbocycles. The summed E-state index contributed by atoms with van der Waals surface area (Å²) in [6.45, 7) is 0.696. The van der Waals surface area contributed by atoms with E-state index in [1.54, 1.807) is 30.3 Å². The molecule has 2 rings (SSSR count). The molecule has 2 aromatic carbocycles. The number of nitrogens with one attached hydrogen (secondary N) is 1. The Kier molecular flexibility index (Phi) is 5.90. The highest BCUT2D eigenvalue weighted by Gasteiger charge is 2.05. The first-order valence-corrected chi connectivity index (χ1v) is 8.12. The molecule has 2 nitrogen and oxygen atoms in total. The Balaban J connectivity index is 2.02. The van der Waals surface area contributed by atoms with Gasteiger partial charge in [-0.2, -0.15) is 0 Å². The molecule has 0 aliphatic rings. The van der Waals surface area contributed by atoms with E-state index in [1.165, 1.54) is 17.3 Å². The van der Waals surface area contributed by atoms with Gasteiger partial charge in [0, 0.05) is 23.2 Å². The zero-order valence-corrected chi connectivity index (χ0v) is 13.2. The first-order chi connectivity index (χ1) is 10.2. The van der Waals surface area contributed by atoms with Crippen LogP contribution in [0, 0.1) is 0 Å². The molecule has 0 radical (unpaired) electrons. The van der Waals surface area contributed by atoms with Crippen LogP contribution in [0.2, 0.25) is 5.02 Å². The second-order valence-corrected chi connectivity index (χ2v) is 5.71. The standard InChI is InChI=1S/C17H16ClNOS/c1-21-17(19-12-13-5-3-2-4-6-13)11-16(20)14-7-9-15(18)10-8-14/h2-11,19H,12H2,1H3/b17-11-. The van der Waals surface area contributed by atoms with Crippen molar-refractivity contribution in [3.05, 3.63) is 81.9 Å². The summed E-state index contributed by atoms with van der Waals surface area (Å²) in [4.78, 5) is 12.2. The lowest BCUT2D eigenvalue weighted by atomic mass is 10.1. The Morgan fingerprint density at radius 1 is 1.14 bits per heavy atom. The lowest BCUT2D eigenvalue weighted by Gasteiger charge is -2.08. The Bertz CT molecular complexity index is 623. The predicted octanol–water partition coefficient (Wildman–Crippen LogP) is 4.52. The molecule has 0 fully saturated rings. The third-order valence-corrected chi connectivity index (χ3v) is 3.87. The fourth-order valence-electron chi connectivity index (χ4n) is 1.78. The predicted molar refractivity (Wildman–Crippen MR) is 90.7 cm³/mol. The van der Waals surface area contributed by atoms with Crippen molar-refractivity contribution in [1.82, 2.24) is 5.32 Å². The average molecular weight is 318 g/mol. The van der Waals surface area contributed by atoms with Crippen LogP contribution in [0.4, 0.5) is 0 Å². The molecule has 0 unspecified atom stereocenters. The molecule has 0 aliphatic heterocycles. The SMILES string of the molecule is CS/C(=C\C(=O)c1ccc(Cl)cc1)NCc1ccccc1. The minimum Gasteiger partial charge on any atom is -0.376 e. The van der Waals surface area contributed by atoms with Crippen molar-refractivity contribution in [3.8, 4) is 0 Å². The van der Waals surface area contributed by atoms with E-state index in [9.17, 15) is 4.79 Å². The molecule has 0 atom stereocenters. The minimum atomic E-state index is -0.0309. The van der Waals surface area contributed by atoms with E-state index in [0.29, 0.717) is 17.1 Å². The summed E-state index contributed by atoms with van der Waals surface area (Å²) in [5.74, 6) is -0.0309. The zero-order valence-electron chi connectivity index (χ0n) is 11.7. The normalized spacial score (nSPS) is 11.2. The molecule has 0 amide bonds. The molecule has 0 spiro atoms. The minimum absolute atomic E-state index is 0.0309. The smallest absolute Gasteiger partial charge is 0.188 e. The maximum atomic E-state index is 12.2. The van der Waals surface area contributed by atoms with E-state index >= 15 is 0 Å². The van der Waals surface area contributed by atoms with Crippen molar-refractivity contribution in [3.63, 3.8) is 0 Å². The molecule has 1 N–H and O–H groups in total. The average Bonchev–Trinajstić information content (AvgIpc) is 2.53. The van der Waals surface area contributed by atoms with E-state index in [0.717, 1.165) is 5.03 Å². The van der Waals surface area contributed by atoms with Crippen LogP contribution in [-0.2, 0) is 6.54 Å². The number of benzene rings is 2. The van der Waals surface area contributed by atoms with E-state index in [2.05, 4.69) is 5.32 Å². The molecule has 0 saturated carbocycles. The molecule has 2 aromatic rings. The number of ketones is 1. The van der Waals surface area contributed by atoms with Gasteiger partial charge in [0.05, 0.1) is 5.03 Å². The molecule has 4 heteroatoms. The Hall–Kier alpha value is -1.71. The van der Waals surface area contributed by atoms with Crippen LogP contribution >= 0.6 is 23.4 Å². The molecule has 0 aromatic heterocycles. The van der Waals surface area contributed by atoms with Crippen molar-refractivity contribution in [2.45, 2.75) is 6.54 Å². The van der Waals surface area contributed by atoms with Crippen molar-refractivity contribution >= 4 is 29.1 Å². The number of hydrogen-bond acceptors (Lipinski definition) is 3. The summed E-state index contributed by atoms with van der Waals surface area (Å²) < 4.78 is 0. The fourth-order valence-corrected chi connectivity index (χ4v) is 2.35. The van der Waals surface area contributed by atoms with Crippen LogP contribution in [0.15, 0.2) is 65.7 Å². The number of hydrogen-bond donors (Lipinski definition) is 1. The van der Waals surface area contributed by atoms with Crippen molar-refractivity contribution in [2.24, 2.45) is 0 Å². The number of thioether (sulfide) groups is 1. The van der Waals surface area contributed by atoms with Crippen molar-refractivity contribution in [2.75, 3.05) is 6.26 Å². The van der Waals surface area contributed by atoms with Crippen LogP contribution in [0.25, 0.3) is 0 Å². The monoisotopic (exact) mass is 317 g/mol. The van der Waals surface area contributed by atoms with Gasteiger partial charge in [0.25, 0.3) is 0 Å². The first-order valence-electron chi connectivity index (χ1n) is 6.52. The zero-order chi connectivity index (χ0) is 15.1. The topological polar surface area (TPSA) is 29.1 Å². The highest BCUT2D eigenvalue weighted by atomic mass is 35.5. The highest BCUT2D eigenvalue weighted by molar-refractivity contribution is 8.02. The maximum absolute atomic E-state index is 12.2. The molecule has 0 bridgehead atoms. The molecular weight excluding hydrogens is 302 g/mol. The molecule has 0 saturated heterocycles. The number of carbonyl (C=O) groups excluding carboxylic acids is 1. The van der Waals surface area contributed by atoms with E-state index < -0.39 is 0 Å². The van der Waals surface area contributed by atoms with Gasteiger partial charge in [0.2, 0.25) is 0 Å². The second-order valence-electron chi connectivity index (χ2n) is 4.42. The Morgan fingerprint density at radius 2 is 1.81 bits per heavy atom. The van der Waals surface area contributed by atoms with E-state index in [1.807, 2.05) is 36.6 Å². The maximum Gasteiger partial charge on any atom is 0.188 e. The Labute approximate surface area is 134 Å². The first kappa shape index (κ1) is 15.7. The van der Waals surface area contributed by atoms with E-state index in [4.69, 9.17) is 11.6 Å². The van der Waals surface area contributed by atoms with Gasteiger partial charge in [-0.1, -0.05) is 41.9 Å². The molecule has 108 valence electrons. The van der Waals surface area contributed by atoms with Gasteiger partial charge in [-0.3, -0.25) is 4.79 Å². The fraction of sp³-hybridized carbons (Fsp3) is 0.118. The van der Waals surface area contributed by atoms with Crippen LogP contribution in [0.1, 0.15) is 15.9 Å². The number of rotatable bonds is 6. The van der Waals surface area contributed by atoms with Gasteiger partial charge in [0.15, 0.2) is 5.78 Å². The summed E-state index contributed by atoms with van der Waals surface area (Å²) >= 11 is 7.34. The largest absolute Gasteiger partial charge is 0.376 e. The highest BCUT2D eigenvalue weighted by Crippen LogP contribution is 2.14. The van der Waals surface area contributed by atoms with Gasteiger partial charge in [-0.05, 0) is 36.1 Å². The summed E-state index contributed by atoms with van der Waals surface area (Å²) in [5, 5.41) is 4.75. The molecular formula is C17H16ClNOS. The quantitative estimate of drug-likeness (QED) is 0.627. The van der Waals surface area contributed by atoms with Crippen LogP contribution in [0.3, 0.4) is 0 Å². The molecule has 21 heavy (non-hydrogen) atoms. The number of carbonyl (C=O) groups is 1. The Morgan fingerprint density at radius 3 is 2.43 bits per heavy atom. The third kappa shape index (κ3) is 4.96. The molecule has 0 heterocycles. The lowest BCUT2D eigenvalue weighted by molar-refractivity contribution is 0.104. The summed E-state index contributed by atoms with van der Waals surface area (Å²) in [6.07, 6.45) is 3.57. The van der Waals surface area contributed by atoms with Gasteiger partial charge in [-0.25, -0.2) is 0 Å². The second kappa shape index (κ2) is 7.91. The van der Waals surface area contributed by atoms with Gasteiger partial charge in [0.1, 0.15) is 0 Å². The summed E-state index contributed by atoms with van der Waals surface area (Å²) in [6, 6.07) is 17.0. The number of halogens is 1. The van der Waals surface area contributed by atoms with Crippen LogP contribution in [-0.4, -0.2) is 12.0 Å². The van der Waals surface area contributed by atoms with Crippen molar-refractivity contribution in [1.29, 1.82) is 0 Å². The van der Waals surface area contributed by atoms with Crippen molar-refractivity contribution < 1.29 is 4.79 Å².